The first kappa shape index (κ1) is 13.1. The summed E-state index contributed by atoms with van der Waals surface area (Å²) in [5.41, 5.74) is 0. The van der Waals surface area contributed by atoms with Crippen molar-refractivity contribution in [2.24, 2.45) is 5.92 Å². The molecule has 94 valence electrons. The zero-order valence-electron chi connectivity index (χ0n) is 9.63. The van der Waals surface area contributed by atoms with Gasteiger partial charge in [0.05, 0.1) is 0 Å². The molecule has 7 nitrogen and oxygen atoms in total. The molecule has 1 aliphatic heterocycles. The fraction of sp³-hybridized carbons (Fsp3) is 0.600. The van der Waals surface area contributed by atoms with Gasteiger partial charge in [0.1, 0.15) is 6.04 Å². The summed E-state index contributed by atoms with van der Waals surface area (Å²) in [5.74, 6) is -2.12. The first-order chi connectivity index (χ1) is 7.97. The van der Waals surface area contributed by atoms with Gasteiger partial charge in [-0.25, -0.2) is 4.79 Å². The smallest absolute Gasteiger partial charge is 0.345 e. The van der Waals surface area contributed by atoms with E-state index in [9.17, 15) is 19.2 Å². The summed E-state index contributed by atoms with van der Waals surface area (Å²) in [6, 6.07) is -0.881. The Morgan fingerprint density at radius 2 is 1.88 bits per heavy atom. The third-order valence-electron chi connectivity index (χ3n) is 2.36. The number of nitrogens with one attached hydrogen (secondary N) is 1. The van der Waals surface area contributed by atoms with Crippen LogP contribution in [0.1, 0.15) is 26.7 Å². The number of amides is 3. The number of rotatable bonds is 5. The molecule has 1 aliphatic rings. The van der Waals surface area contributed by atoms with E-state index < -0.39 is 23.8 Å². The molecular formula is C10H14N2O5. The Bertz CT molecular complexity index is 337. The molecule has 17 heavy (non-hydrogen) atoms. The highest BCUT2D eigenvalue weighted by Crippen LogP contribution is 2.14. The second-order valence-corrected chi connectivity index (χ2v) is 4.00. The molecule has 0 bridgehead atoms. The van der Waals surface area contributed by atoms with E-state index in [0.29, 0.717) is 11.5 Å². The zero-order valence-corrected chi connectivity index (χ0v) is 9.63. The minimum Gasteiger partial charge on any atom is -0.345 e. The highest BCUT2D eigenvalue weighted by Gasteiger charge is 2.35. The van der Waals surface area contributed by atoms with E-state index >= 15 is 0 Å². The third kappa shape index (κ3) is 3.02. The molecule has 7 heteroatoms. The van der Waals surface area contributed by atoms with Crippen LogP contribution in [0.3, 0.4) is 0 Å². The quantitative estimate of drug-likeness (QED) is 0.511. The number of carbonyl (C=O) groups excluding carboxylic acids is 4. The minimum atomic E-state index is -0.881. The van der Waals surface area contributed by atoms with E-state index in [0.717, 1.165) is 0 Å². The van der Waals surface area contributed by atoms with Crippen molar-refractivity contribution in [3.8, 4) is 0 Å². The van der Waals surface area contributed by atoms with E-state index in [1.807, 2.05) is 0 Å². The van der Waals surface area contributed by atoms with Crippen molar-refractivity contribution < 1.29 is 24.0 Å². The van der Waals surface area contributed by atoms with Crippen molar-refractivity contribution in [1.82, 2.24) is 10.4 Å². The predicted octanol–water partition coefficient (Wildman–Crippen LogP) is -0.636. The van der Waals surface area contributed by atoms with Gasteiger partial charge in [0.25, 0.3) is 11.8 Å². The summed E-state index contributed by atoms with van der Waals surface area (Å²) in [5, 5.41) is 2.74. The molecule has 3 amide bonds. The first-order valence-electron chi connectivity index (χ1n) is 5.24. The van der Waals surface area contributed by atoms with Gasteiger partial charge in [0.2, 0.25) is 6.41 Å². The molecule has 0 aromatic heterocycles. The van der Waals surface area contributed by atoms with Crippen molar-refractivity contribution in [3.63, 3.8) is 0 Å². The van der Waals surface area contributed by atoms with E-state index in [-0.39, 0.29) is 18.8 Å². The molecule has 1 N–H and O–H groups in total. The van der Waals surface area contributed by atoms with Crippen molar-refractivity contribution in [2.75, 3.05) is 0 Å². The van der Waals surface area contributed by atoms with Crippen molar-refractivity contribution >= 4 is 24.2 Å². The van der Waals surface area contributed by atoms with Crippen molar-refractivity contribution in [2.45, 2.75) is 32.7 Å². The molecule has 1 saturated heterocycles. The van der Waals surface area contributed by atoms with Gasteiger partial charge in [0, 0.05) is 12.8 Å². The number of hydroxylamine groups is 2. The molecule has 0 aliphatic carbocycles. The van der Waals surface area contributed by atoms with Crippen LogP contribution in [0.2, 0.25) is 0 Å². The summed E-state index contributed by atoms with van der Waals surface area (Å²) in [6.45, 7) is 3.41. The van der Waals surface area contributed by atoms with Crippen LogP contribution in [0, 0.1) is 5.92 Å². The summed E-state index contributed by atoms with van der Waals surface area (Å²) < 4.78 is 0. The molecule has 1 heterocycles. The maximum Gasteiger partial charge on any atom is 0.355 e. The number of hydrogen-bond donors (Lipinski definition) is 1. The molecule has 0 radical (unpaired) electrons. The van der Waals surface area contributed by atoms with Gasteiger partial charge < -0.3 is 10.2 Å². The predicted molar refractivity (Wildman–Crippen MR) is 55.0 cm³/mol. The third-order valence-corrected chi connectivity index (χ3v) is 2.36. The van der Waals surface area contributed by atoms with Gasteiger partial charge in [-0.15, -0.1) is 5.06 Å². The van der Waals surface area contributed by atoms with Gasteiger partial charge in [-0.1, -0.05) is 13.8 Å². The monoisotopic (exact) mass is 242 g/mol. The van der Waals surface area contributed by atoms with Gasteiger partial charge >= 0.3 is 5.97 Å². The fourth-order valence-electron chi connectivity index (χ4n) is 1.41. The van der Waals surface area contributed by atoms with Gasteiger partial charge in [0.15, 0.2) is 0 Å². The number of imide groups is 1. The van der Waals surface area contributed by atoms with E-state index in [4.69, 9.17) is 0 Å². The largest absolute Gasteiger partial charge is 0.355 e. The molecule has 1 rings (SSSR count). The summed E-state index contributed by atoms with van der Waals surface area (Å²) >= 11 is 0. The molecule has 1 fully saturated rings. The molecule has 1 atom stereocenters. The standard InChI is InChI=1S/C10H14N2O5/c1-6(2)9(11-5-13)10(16)17-12-7(14)3-4-8(12)15/h5-6,9H,3-4H2,1-2H3,(H,11,13)/t9-/m0/s1. The number of hydrogen-bond acceptors (Lipinski definition) is 5. The normalized spacial score (nSPS) is 17.2. The lowest BCUT2D eigenvalue weighted by Gasteiger charge is -2.20. The second-order valence-electron chi connectivity index (χ2n) is 4.00. The summed E-state index contributed by atoms with van der Waals surface area (Å²) in [4.78, 5) is 49.1. The van der Waals surface area contributed by atoms with Crippen molar-refractivity contribution in [3.05, 3.63) is 0 Å². The Morgan fingerprint density at radius 3 is 2.29 bits per heavy atom. The average Bonchev–Trinajstić information content (AvgIpc) is 2.57. The maximum absolute atomic E-state index is 11.6. The Kier molecular flexibility index (Phi) is 4.19. The molecular weight excluding hydrogens is 228 g/mol. The summed E-state index contributed by atoms with van der Waals surface area (Å²) in [7, 11) is 0. The first-order valence-corrected chi connectivity index (χ1v) is 5.24. The van der Waals surface area contributed by atoms with Crippen LogP contribution in [-0.4, -0.2) is 35.3 Å². The van der Waals surface area contributed by atoms with Crippen LogP contribution in [0.25, 0.3) is 0 Å². The molecule has 0 saturated carbocycles. The SMILES string of the molecule is CC(C)[C@H](NC=O)C(=O)ON1C(=O)CCC1=O. The van der Waals surface area contributed by atoms with E-state index in [1.165, 1.54) is 0 Å². The Morgan fingerprint density at radius 1 is 1.35 bits per heavy atom. The fourth-order valence-corrected chi connectivity index (χ4v) is 1.41. The van der Waals surface area contributed by atoms with Crippen LogP contribution < -0.4 is 5.32 Å². The van der Waals surface area contributed by atoms with Gasteiger partial charge in [-0.3, -0.25) is 14.4 Å². The average molecular weight is 242 g/mol. The lowest BCUT2D eigenvalue weighted by Crippen LogP contribution is -2.45. The highest BCUT2D eigenvalue weighted by molar-refractivity contribution is 6.01. The lowest BCUT2D eigenvalue weighted by atomic mass is 10.1. The van der Waals surface area contributed by atoms with Crippen molar-refractivity contribution in [1.29, 1.82) is 0 Å². The minimum absolute atomic E-state index is 0.0412. The van der Waals surface area contributed by atoms with Crippen LogP contribution >= 0.6 is 0 Å². The maximum atomic E-state index is 11.6. The second kappa shape index (κ2) is 5.42. The number of nitrogens with zero attached hydrogens (tertiary/aromatic N) is 1. The van der Waals surface area contributed by atoms with Crippen LogP contribution in [0.5, 0.6) is 0 Å². The van der Waals surface area contributed by atoms with E-state index in [2.05, 4.69) is 10.2 Å². The molecule has 0 unspecified atom stereocenters. The Hall–Kier alpha value is -1.92. The Labute approximate surface area is 98.0 Å². The molecule has 0 aromatic carbocycles. The molecule has 0 aromatic rings. The molecule has 0 spiro atoms. The van der Waals surface area contributed by atoms with Gasteiger partial charge in [-0.2, -0.15) is 0 Å². The number of carbonyl (C=O) groups is 4. The van der Waals surface area contributed by atoms with Gasteiger partial charge in [-0.05, 0) is 5.92 Å². The van der Waals surface area contributed by atoms with Crippen LogP contribution in [0.4, 0.5) is 0 Å². The van der Waals surface area contributed by atoms with E-state index in [1.54, 1.807) is 13.8 Å². The Balaban J connectivity index is 2.66. The lowest BCUT2D eigenvalue weighted by molar-refractivity contribution is -0.199. The van der Waals surface area contributed by atoms with Crippen LogP contribution in [-0.2, 0) is 24.0 Å². The highest BCUT2D eigenvalue weighted by atomic mass is 16.7. The topological polar surface area (TPSA) is 92.8 Å². The zero-order chi connectivity index (χ0) is 13.0. The van der Waals surface area contributed by atoms with Crippen LogP contribution in [0.15, 0.2) is 0 Å². The summed E-state index contributed by atoms with van der Waals surface area (Å²) in [6.07, 6.45) is 0.457.